The molecular weight excluding hydrogens is 321 g/mol. The third-order valence-electron chi connectivity index (χ3n) is 2.72. The molecule has 0 saturated heterocycles. The lowest BCUT2D eigenvalue weighted by Gasteiger charge is -2.06. The molecule has 0 aliphatic carbocycles. The van der Waals surface area contributed by atoms with Crippen molar-refractivity contribution >= 4 is 40.7 Å². The molecule has 0 fully saturated rings. The number of aromatic nitrogens is 2. The van der Waals surface area contributed by atoms with Crippen molar-refractivity contribution in [3.63, 3.8) is 0 Å². The van der Waals surface area contributed by atoms with E-state index in [9.17, 15) is 4.79 Å². The van der Waals surface area contributed by atoms with Crippen LogP contribution in [-0.4, -0.2) is 15.7 Å². The minimum Gasteiger partial charge on any atom is -0.346 e. The van der Waals surface area contributed by atoms with Gasteiger partial charge in [-0.05, 0) is 19.1 Å². The fourth-order valence-corrected chi connectivity index (χ4v) is 2.26. The van der Waals surface area contributed by atoms with Crippen LogP contribution in [0.15, 0.2) is 24.4 Å². The number of hydrogen-bond acceptors (Lipinski definition) is 2. The fraction of sp³-hybridized carbons (Fsp3) is 0.231. The van der Waals surface area contributed by atoms with Crippen LogP contribution in [0.5, 0.6) is 0 Å². The van der Waals surface area contributed by atoms with Crippen LogP contribution < -0.4 is 5.32 Å². The number of halogens is 3. The van der Waals surface area contributed by atoms with Gasteiger partial charge in [0.25, 0.3) is 5.91 Å². The standard InChI is InChI=1S/C13H12Cl3N3O/c1-2-19-7-10(15)11(18-19)6-17-13(20)8-4-3-5-9(14)12(8)16/h3-5,7H,2,6H2,1H3,(H,17,20). The highest BCUT2D eigenvalue weighted by Gasteiger charge is 2.14. The summed E-state index contributed by atoms with van der Waals surface area (Å²) in [5, 5.41) is 8.06. The Kier molecular flexibility index (Phi) is 4.91. The predicted molar refractivity (Wildman–Crippen MR) is 80.5 cm³/mol. The maximum atomic E-state index is 12.0. The van der Waals surface area contributed by atoms with Gasteiger partial charge < -0.3 is 5.32 Å². The number of amides is 1. The van der Waals surface area contributed by atoms with Crippen molar-refractivity contribution in [3.05, 3.63) is 50.7 Å². The highest BCUT2D eigenvalue weighted by atomic mass is 35.5. The van der Waals surface area contributed by atoms with Crippen molar-refractivity contribution in [2.24, 2.45) is 0 Å². The molecule has 1 heterocycles. The predicted octanol–water partition coefficient (Wildman–Crippen LogP) is 3.79. The molecule has 1 aromatic heterocycles. The average Bonchev–Trinajstić information content (AvgIpc) is 2.80. The van der Waals surface area contributed by atoms with Crippen LogP contribution >= 0.6 is 34.8 Å². The zero-order chi connectivity index (χ0) is 14.7. The summed E-state index contributed by atoms with van der Waals surface area (Å²) in [4.78, 5) is 12.0. The molecule has 0 unspecified atom stereocenters. The summed E-state index contributed by atoms with van der Waals surface area (Å²) < 4.78 is 1.70. The zero-order valence-electron chi connectivity index (χ0n) is 10.7. The van der Waals surface area contributed by atoms with Gasteiger partial charge in [0.05, 0.1) is 27.2 Å². The van der Waals surface area contributed by atoms with E-state index in [4.69, 9.17) is 34.8 Å². The molecule has 0 spiro atoms. The minimum absolute atomic E-state index is 0.230. The Morgan fingerprint density at radius 3 is 2.70 bits per heavy atom. The van der Waals surface area contributed by atoms with Crippen LogP contribution in [0.2, 0.25) is 15.1 Å². The first-order chi connectivity index (χ1) is 9.52. The second-order valence-electron chi connectivity index (χ2n) is 4.06. The largest absolute Gasteiger partial charge is 0.346 e. The first-order valence-electron chi connectivity index (χ1n) is 5.97. The van der Waals surface area contributed by atoms with Crippen LogP contribution in [-0.2, 0) is 13.1 Å². The normalized spacial score (nSPS) is 10.6. The van der Waals surface area contributed by atoms with E-state index in [2.05, 4.69) is 10.4 Å². The number of nitrogens with zero attached hydrogens (tertiary/aromatic N) is 2. The maximum Gasteiger partial charge on any atom is 0.253 e. The lowest BCUT2D eigenvalue weighted by atomic mass is 10.2. The van der Waals surface area contributed by atoms with Gasteiger partial charge in [0, 0.05) is 12.7 Å². The zero-order valence-corrected chi connectivity index (χ0v) is 12.9. The van der Waals surface area contributed by atoms with Crippen LogP contribution in [0.3, 0.4) is 0 Å². The Balaban J connectivity index is 2.08. The Hall–Kier alpha value is -1.23. The van der Waals surface area contributed by atoms with E-state index in [1.807, 2.05) is 6.92 Å². The number of rotatable bonds is 4. The molecule has 106 valence electrons. The minimum atomic E-state index is -0.320. The number of hydrogen-bond donors (Lipinski definition) is 1. The van der Waals surface area contributed by atoms with Gasteiger partial charge in [0.2, 0.25) is 0 Å². The lowest BCUT2D eigenvalue weighted by molar-refractivity contribution is 0.0950. The quantitative estimate of drug-likeness (QED) is 0.926. The third-order valence-corrected chi connectivity index (χ3v) is 3.86. The Morgan fingerprint density at radius 1 is 1.30 bits per heavy atom. The summed E-state index contributed by atoms with van der Waals surface area (Å²) in [7, 11) is 0. The van der Waals surface area contributed by atoms with Crippen molar-refractivity contribution in [3.8, 4) is 0 Å². The van der Waals surface area contributed by atoms with Gasteiger partial charge in [0.15, 0.2) is 0 Å². The third kappa shape index (κ3) is 3.26. The molecule has 0 bridgehead atoms. The van der Waals surface area contributed by atoms with Crippen LogP contribution in [0, 0.1) is 0 Å². The topological polar surface area (TPSA) is 46.9 Å². The number of carbonyl (C=O) groups is 1. The first kappa shape index (κ1) is 15.2. The van der Waals surface area contributed by atoms with Crippen LogP contribution in [0.25, 0.3) is 0 Å². The highest BCUT2D eigenvalue weighted by Crippen LogP contribution is 2.25. The summed E-state index contributed by atoms with van der Waals surface area (Å²) in [5.74, 6) is -0.320. The highest BCUT2D eigenvalue weighted by molar-refractivity contribution is 6.43. The Morgan fingerprint density at radius 2 is 2.05 bits per heavy atom. The molecule has 2 aromatic rings. The van der Waals surface area contributed by atoms with Crippen molar-refractivity contribution < 1.29 is 4.79 Å². The molecule has 1 aromatic carbocycles. The number of nitrogens with one attached hydrogen (secondary N) is 1. The van der Waals surface area contributed by atoms with Crippen molar-refractivity contribution in [1.29, 1.82) is 0 Å². The number of aryl methyl sites for hydroxylation is 1. The maximum absolute atomic E-state index is 12.0. The van der Waals surface area contributed by atoms with Gasteiger partial charge in [-0.3, -0.25) is 9.48 Å². The van der Waals surface area contributed by atoms with Gasteiger partial charge in [-0.2, -0.15) is 5.10 Å². The van der Waals surface area contributed by atoms with Gasteiger partial charge >= 0.3 is 0 Å². The molecule has 2 rings (SSSR count). The molecule has 7 heteroatoms. The van der Waals surface area contributed by atoms with E-state index in [0.29, 0.717) is 27.8 Å². The monoisotopic (exact) mass is 331 g/mol. The van der Waals surface area contributed by atoms with Gasteiger partial charge in [0.1, 0.15) is 5.69 Å². The average molecular weight is 333 g/mol. The van der Waals surface area contributed by atoms with E-state index in [-0.39, 0.29) is 17.5 Å². The van der Waals surface area contributed by atoms with Gasteiger partial charge in [-0.15, -0.1) is 0 Å². The summed E-state index contributed by atoms with van der Waals surface area (Å²) >= 11 is 17.9. The molecule has 4 nitrogen and oxygen atoms in total. The Bertz CT molecular complexity index is 640. The van der Waals surface area contributed by atoms with Crippen LogP contribution in [0.4, 0.5) is 0 Å². The molecule has 0 saturated carbocycles. The lowest BCUT2D eigenvalue weighted by Crippen LogP contribution is -2.23. The second-order valence-corrected chi connectivity index (χ2v) is 5.26. The second kappa shape index (κ2) is 6.48. The summed E-state index contributed by atoms with van der Waals surface area (Å²) in [6.45, 7) is 2.90. The van der Waals surface area contributed by atoms with E-state index < -0.39 is 0 Å². The van der Waals surface area contributed by atoms with Gasteiger partial charge in [-0.1, -0.05) is 40.9 Å². The molecule has 0 aliphatic rings. The van der Waals surface area contributed by atoms with Crippen molar-refractivity contribution in [2.45, 2.75) is 20.0 Å². The molecule has 1 amide bonds. The van der Waals surface area contributed by atoms with Gasteiger partial charge in [-0.25, -0.2) is 0 Å². The summed E-state index contributed by atoms with van der Waals surface area (Å²) in [6, 6.07) is 4.90. The molecule has 0 atom stereocenters. The molecule has 0 aliphatic heterocycles. The summed E-state index contributed by atoms with van der Waals surface area (Å²) in [6.07, 6.45) is 1.72. The number of carbonyl (C=O) groups excluding carboxylic acids is 1. The SMILES string of the molecule is CCn1cc(Cl)c(CNC(=O)c2cccc(Cl)c2Cl)n1. The van der Waals surface area contributed by atoms with Crippen molar-refractivity contribution in [1.82, 2.24) is 15.1 Å². The fourth-order valence-electron chi connectivity index (χ4n) is 1.66. The van der Waals surface area contributed by atoms with E-state index in [0.717, 1.165) is 0 Å². The van der Waals surface area contributed by atoms with Crippen molar-refractivity contribution in [2.75, 3.05) is 0 Å². The summed E-state index contributed by atoms with van der Waals surface area (Å²) in [5.41, 5.74) is 0.935. The first-order valence-corrected chi connectivity index (χ1v) is 7.10. The number of benzene rings is 1. The molecule has 0 radical (unpaired) electrons. The van der Waals surface area contributed by atoms with Crippen LogP contribution in [0.1, 0.15) is 23.0 Å². The Labute approximate surface area is 131 Å². The smallest absolute Gasteiger partial charge is 0.253 e. The van der Waals surface area contributed by atoms with E-state index in [1.54, 1.807) is 29.1 Å². The molecule has 20 heavy (non-hydrogen) atoms. The van der Waals surface area contributed by atoms with E-state index in [1.165, 1.54) is 0 Å². The van der Waals surface area contributed by atoms with E-state index >= 15 is 0 Å². The molecule has 1 N–H and O–H groups in total. The molecular formula is C13H12Cl3N3O.